The number of hydrogen-bond donors (Lipinski definition) is 0. The Balaban J connectivity index is -0.0000000114. The van der Waals surface area contributed by atoms with Crippen LogP contribution in [0, 0.1) is 0 Å². The van der Waals surface area contributed by atoms with Crippen LogP contribution in [0.4, 0.5) is 0 Å². The van der Waals surface area contributed by atoms with E-state index in [9.17, 15) is 0 Å². The van der Waals surface area contributed by atoms with Gasteiger partial charge in [-0.25, -0.2) is 0 Å². The van der Waals surface area contributed by atoms with Gasteiger partial charge < -0.3 is 70.3 Å². The molecule has 26 heavy (non-hydrogen) atoms. The van der Waals surface area contributed by atoms with Crippen molar-refractivity contribution in [1.82, 2.24) is 0 Å². The molecule has 0 aliphatic carbocycles. The molecule has 0 N–H and O–H groups in total. The fourth-order valence-electron chi connectivity index (χ4n) is 0. The summed E-state index contributed by atoms with van der Waals surface area (Å²) in [6.45, 7) is 0. The molecule has 0 rings (SSSR count). The van der Waals surface area contributed by atoms with Crippen molar-refractivity contribution < 1.29 is 160 Å². The van der Waals surface area contributed by atoms with E-state index in [-0.39, 0.29) is 137 Å². The van der Waals surface area contributed by atoms with Gasteiger partial charge in [0.15, 0.2) is 0 Å². The summed E-state index contributed by atoms with van der Waals surface area (Å²) >= 11 is 0. The SMILES string of the molecule is O=[Si]([O-])[O-].O=[Si]([O-])[O-].O=[Si]([O-])[O-].O=[Si]([O-])[O-].O=[Si]([O-])[O-].[Sn].[Sn].[V].[V].[Zr].[Zr]. The Morgan fingerprint density at radius 2 is 0.346 bits per heavy atom. The second-order valence-corrected chi connectivity index (χ2v) is 3.75. The second kappa shape index (κ2) is 63.0. The van der Waals surface area contributed by atoms with E-state index in [1.807, 2.05) is 0 Å². The molecule has 0 bridgehead atoms. The summed E-state index contributed by atoms with van der Waals surface area (Å²) < 4.78 is 42.6. The Labute approximate surface area is 249 Å². The van der Waals surface area contributed by atoms with E-state index in [1.54, 1.807) is 0 Å². The zero-order chi connectivity index (χ0) is 17.9. The van der Waals surface area contributed by atoms with E-state index in [1.165, 1.54) is 0 Å². The smallest absolute Gasteiger partial charge is 0.0172 e. The van der Waals surface area contributed by atoms with Gasteiger partial charge in [-0.1, -0.05) is 0 Å². The van der Waals surface area contributed by atoms with Crippen LogP contribution in [0.15, 0.2) is 0 Å². The Hall–Kier alpha value is 2.62. The molecule has 10 radical (unpaired) electrons. The molecule has 0 fully saturated rings. The molecule has 0 unspecified atom stereocenters. The molecule has 0 spiro atoms. The first-order valence-electron chi connectivity index (χ1n) is 3.06. The van der Waals surface area contributed by atoms with E-state index in [0.717, 1.165) is 0 Å². The fraction of sp³-hybridized carbons (Fsp3) is 0. The third-order valence-corrected chi connectivity index (χ3v) is 0. The normalized spacial score (nSPS) is 4.62. The van der Waals surface area contributed by atoms with Crippen molar-refractivity contribution in [3.05, 3.63) is 0 Å². The van der Waals surface area contributed by atoms with E-state index < -0.39 is 45.9 Å². The van der Waals surface area contributed by atoms with Crippen LogP contribution >= 0.6 is 0 Å². The van der Waals surface area contributed by atoms with E-state index in [2.05, 4.69) is 0 Å². The molecule has 146 valence electrons. The Kier molecular flexibility index (Phi) is 171. The molecule has 0 aromatic heterocycles. The third kappa shape index (κ3) is 2550. The molecule has 0 saturated heterocycles. The maximum atomic E-state index is 8.52. The molecule has 0 aliphatic rings. The average Bonchev–Trinajstić information content (AvgIpc) is 1.94. The molecule has 0 saturated carbocycles. The number of rotatable bonds is 0. The summed E-state index contributed by atoms with van der Waals surface area (Å²) in [5.74, 6) is 0. The van der Waals surface area contributed by atoms with Gasteiger partial charge in [-0.15, -0.1) is 0 Å². The standard InChI is InChI=1S/5O3Si.2Sn.2V.2Zr/c5*1-4(2)3;;;;;;/q5*-2;;;;;;. The predicted octanol–water partition coefficient (Wildman–Crippen LogP) is -15.2. The maximum absolute atomic E-state index is 8.52. The van der Waals surface area contributed by atoms with Gasteiger partial charge in [-0.05, 0) is 0 Å². The fourth-order valence-corrected chi connectivity index (χ4v) is 0. The Bertz CT molecular complexity index is 231. The van der Waals surface area contributed by atoms with Crippen molar-refractivity contribution >= 4 is 93.7 Å². The summed E-state index contributed by atoms with van der Waals surface area (Å²) in [6.07, 6.45) is 0. The molecule has 0 atom stereocenters. The zero-order valence-electron chi connectivity index (χ0n) is 11.5. The van der Waals surface area contributed by atoms with E-state index >= 15 is 0 Å². The van der Waals surface area contributed by atoms with Crippen molar-refractivity contribution in [1.29, 1.82) is 0 Å². The first-order chi connectivity index (χ1) is 8.66. The van der Waals surface area contributed by atoms with Crippen LogP contribution < -0.4 is 48.0 Å². The quantitative estimate of drug-likeness (QED) is 0.204. The van der Waals surface area contributed by atoms with Crippen LogP contribution in [-0.4, -0.2) is 93.7 Å². The van der Waals surface area contributed by atoms with Crippen molar-refractivity contribution in [2.45, 2.75) is 0 Å². The van der Waals surface area contributed by atoms with Crippen molar-refractivity contribution in [3.63, 3.8) is 0 Å². The summed E-state index contributed by atoms with van der Waals surface area (Å²) in [7, 11) is -18.1. The van der Waals surface area contributed by atoms with Gasteiger partial charge in [-0.2, -0.15) is 0 Å². The topological polar surface area (TPSA) is 316 Å². The van der Waals surface area contributed by atoms with Crippen LogP contribution in [0.25, 0.3) is 0 Å². The van der Waals surface area contributed by atoms with Gasteiger partial charge in [0, 0.05) is 183 Å². The average molecular weight is 902 g/mol. The molecular weight excluding hydrogens is 902 g/mol. The van der Waals surface area contributed by atoms with E-state index in [4.69, 9.17) is 70.3 Å². The van der Waals surface area contributed by atoms with Crippen LogP contribution in [0.1, 0.15) is 0 Å². The minimum atomic E-state index is -3.63. The molecule has 15 nitrogen and oxygen atoms in total. The van der Waals surface area contributed by atoms with Crippen molar-refractivity contribution in [2.75, 3.05) is 0 Å². The van der Waals surface area contributed by atoms with Gasteiger partial charge in [0.05, 0.1) is 0 Å². The van der Waals surface area contributed by atoms with Crippen LogP contribution in [0.3, 0.4) is 0 Å². The number of hydrogen-bond acceptors (Lipinski definition) is 15. The summed E-state index contributed by atoms with van der Waals surface area (Å²) in [4.78, 5) is 85.2. The molecule has 0 aromatic carbocycles. The van der Waals surface area contributed by atoms with Crippen LogP contribution in [0.5, 0.6) is 0 Å². The summed E-state index contributed by atoms with van der Waals surface area (Å²) in [5, 5.41) is 0. The largest absolute Gasteiger partial charge is 0.672 e. The van der Waals surface area contributed by atoms with Gasteiger partial charge in [0.2, 0.25) is 0 Å². The second-order valence-electron chi connectivity index (χ2n) is 1.25. The van der Waals surface area contributed by atoms with Crippen LogP contribution in [0.2, 0.25) is 0 Å². The third-order valence-electron chi connectivity index (χ3n) is 0. The van der Waals surface area contributed by atoms with Gasteiger partial charge in [0.25, 0.3) is 0 Å². The van der Waals surface area contributed by atoms with Crippen molar-refractivity contribution in [3.8, 4) is 0 Å². The van der Waals surface area contributed by atoms with Gasteiger partial charge >= 0.3 is 0 Å². The van der Waals surface area contributed by atoms with Crippen LogP contribution in [-0.2, 0) is 112 Å². The zero-order valence-corrected chi connectivity index (χ0v) is 29.9. The molecule has 26 heteroatoms. The molecule has 0 aromatic rings. The van der Waals surface area contributed by atoms with Gasteiger partial charge in [0.1, 0.15) is 0 Å². The molecule has 0 heterocycles. The minimum Gasteiger partial charge on any atom is -0.672 e. The summed E-state index contributed by atoms with van der Waals surface area (Å²) in [5.41, 5.74) is 0. The van der Waals surface area contributed by atoms with Gasteiger partial charge in [-0.3, -0.25) is 0 Å². The Morgan fingerprint density at radius 3 is 0.346 bits per heavy atom. The molecular formula is O15Si5Sn2V2Zr2-10. The molecule has 0 aliphatic heterocycles. The maximum Gasteiger partial charge on any atom is 0.0172 e. The van der Waals surface area contributed by atoms with E-state index in [0.29, 0.717) is 0 Å². The predicted molar refractivity (Wildman–Crippen MR) is 43.7 cm³/mol. The summed E-state index contributed by atoms with van der Waals surface area (Å²) in [6, 6.07) is 0. The first kappa shape index (κ1) is 70.3. The first-order valence-corrected chi connectivity index (χ1v) is 9.19. The molecule has 0 amide bonds. The Morgan fingerprint density at radius 1 is 0.346 bits per heavy atom. The van der Waals surface area contributed by atoms with Crippen molar-refractivity contribution in [2.24, 2.45) is 0 Å². The minimum absolute atomic E-state index is 0. The monoisotopic (exact) mass is 901 g/mol.